The third kappa shape index (κ3) is 4.50. The van der Waals surface area contributed by atoms with E-state index in [0.717, 1.165) is 5.56 Å². The highest BCUT2D eigenvalue weighted by Gasteiger charge is 2.06. The summed E-state index contributed by atoms with van der Waals surface area (Å²) in [5, 5.41) is 10.9. The largest absolute Gasteiger partial charge is 0.324 e. The third-order valence-corrected chi connectivity index (χ3v) is 3.71. The molecule has 0 saturated carbocycles. The summed E-state index contributed by atoms with van der Waals surface area (Å²) in [7, 11) is 0. The maximum Gasteiger partial charge on any atom is 0.324 e. The van der Waals surface area contributed by atoms with Gasteiger partial charge in [-0.1, -0.05) is 41.4 Å². The van der Waals surface area contributed by atoms with Gasteiger partial charge in [-0.25, -0.2) is 4.79 Å². The number of carbonyl (C=O) groups is 1. The third-order valence-electron chi connectivity index (χ3n) is 3.22. The number of carbonyl (C=O) groups excluding carboxylic acids is 1. The molecule has 2 aromatic carbocycles. The number of hydrogen-bond donors (Lipinski definition) is 2. The molecular formula is C17H14Cl2N4O. The van der Waals surface area contributed by atoms with Crippen molar-refractivity contribution < 1.29 is 4.79 Å². The van der Waals surface area contributed by atoms with Gasteiger partial charge in [-0.3, -0.25) is 10.00 Å². The topological polar surface area (TPSA) is 59.0 Å². The summed E-state index contributed by atoms with van der Waals surface area (Å²) >= 11 is 11.8. The van der Waals surface area contributed by atoms with Gasteiger partial charge in [-0.15, -0.1) is 0 Å². The van der Waals surface area contributed by atoms with Crippen LogP contribution in [-0.4, -0.2) is 15.8 Å². The fourth-order valence-electron chi connectivity index (χ4n) is 2.14. The molecule has 0 aliphatic rings. The number of nitrogens with one attached hydrogen (secondary N) is 2. The Bertz CT molecular complexity index is 846. The van der Waals surface area contributed by atoms with Gasteiger partial charge in [0.15, 0.2) is 5.82 Å². The molecule has 2 N–H and O–H groups in total. The van der Waals surface area contributed by atoms with Crippen LogP contribution in [0.3, 0.4) is 0 Å². The van der Waals surface area contributed by atoms with Crippen LogP contribution >= 0.6 is 23.2 Å². The Morgan fingerprint density at radius 3 is 2.54 bits per heavy atom. The standard InChI is InChI=1S/C17H14Cl2N4O/c18-13-6-4-12(5-7-13)11-23-9-8-16(22-23)21-17(24)20-15-3-1-2-14(19)10-15/h1-10H,11H2,(H2,20,21,22,24). The number of rotatable bonds is 4. The van der Waals surface area contributed by atoms with Crippen molar-refractivity contribution in [2.45, 2.75) is 6.54 Å². The Hall–Kier alpha value is -2.50. The van der Waals surface area contributed by atoms with Crippen molar-refractivity contribution >= 4 is 40.7 Å². The normalized spacial score (nSPS) is 10.4. The fourth-order valence-corrected chi connectivity index (χ4v) is 2.45. The quantitative estimate of drug-likeness (QED) is 0.696. The molecule has 0 aliphatic heterocycles. The number of anilines is 2. The minimum absolute atomic E-state index is 0.381. The number of benzene rings is 2. The molecule has 0 unspecified atom stereocenters. The van der Waals surface area contributed by atoms with E-state index in [1.54, 1.807) is 41.2 Å². The summed E-state index contributed by atoms with van der Waals surface area (Å²) in [6, 6.07) is 15.8. The maximum atomic E-state index is 12.0. The van der Waals surface area contributed by atoms with Crippen LogP contribution in [0.15, 0.2) is 60.8 Å². The number of aromatic nitrogens is 2. The molecule has 1 aromatic heterocycles. The predicted octanol–water partition coefficient (Wildman–Crippen LogP) is 4.88. The summed E-state index contributed by atoms with van der Waals surface area (Å²) in [6.45, 7) is 0.592. The molecular weight excluding hydrogens is 347 g/mol. The van der Waals surface area contributed by atoms with Crippen LogP contribution in [0, 0.1) is 0 Å². The van der Waals surface area contributed by atoms with Crippen LogP contribution in [0.4, 0.5) is 16.3 Å². The Morgan fingerprint density at radius 2 is 1.79 bits per heavy atom. The SMILES string of the molecule is O=C(Nc1cccc(Cl)c1)Nc1ccn(Cc2ccc(Cl)cc2)n1. The number of hydrogen-bond acceptors (Lipinski definition) is 2. The van der Waals surface area contributed by atoms with E-state index in [9.17, 15) is 4.79 Å². The van der Waals surface area contributed by atoms with Gasteiger partial charge in [0.1, 0.15) is 0 Å². The average Bonchev–Trinajstić information content (AvgIpc) is 2.96. The predicted molar refractivity (Wildman–Crippen MR) is 96.9 cm³/mol. The second-order valence-corrected chi connectivity index (χ2v) is 5.99. The first kappa shape index (κ1) is 16.4. The minimum Gasteiger partial charge on any atom is -0.308 e. The monoisotopic (exact) mass is 360 g/mol. The lowest BCUT2D eigenvalue weighted by Gasteiger charge is -2.06. The van der Waals surface area contributed by atoms with Crippen LogP contribution in [0.2, 0.25) is 10.0 Å². The number of nitrogens with zero attached hydrogens (tertiary/aromatic N) is 2. The maximum absolute atomic E-state index is 12.0. The summed E-state index contributed by atoms with van der Waals surface area (Å²) in [4.78, 5) is 12.0. The molecule has 0 fully saturated rings. The van der Waals surface area contributed by atoms with E-state index in [1.807, 2.05) is 24.3 Å². The highest BCUT2D eigenvalue weighted by molar-refractivity contribution is 6.31. The first-order chi connectivity index (χ1) is 11.6. The Morgan fingerprint density at radius 1 is 1.00 bits per heavy atom. The van der Waals surface area contributed by atoms with Gasteiger partial charge < -0.3 is 5.32 Å². The fraction of sp³-hybridized carbons (Fsp3) is 0.0588. The molecule has 0 saturated heterocycles. The minimum atomic E-state index is -0.381. The van der Waals surface area contributed by atoms with Gasteiger partial charge in [0.05, 0.1) is 6.54 Å². The number of amides is 2. The van der Waals surface area contributed by atoms with Crippen molar-refractivity contribution in [1.29, 1.82) is 0 Å². The van der Waals surface area contributed by atoms with E-state index < -0.39 is 0 Å². The molecule has 0 bridgehead atoms. The molecule has 24 heavy (non-hydrogen) atoms. The Balaban J connectivity index is 1.59. The highest BCUT2D eigenvalue weighted by Crippen LogP contribution is 2.15. The Labute approximate surface area is 149 Å². The molecule has 5 nitrogen and oxygen atoms in total. The van der Waals surface area contributed by atoms with Crippen LogP contribution < -0.4 is 10.6 Å². The van der Waals surface area contributed by atoms with E-state index in [0.29, 0.717) is 28.1 Å². The van der Waals surface area contributed by atoms with Crippen LogP contribution in [-0.2, 0) is 6.54 Å². The molecule has 1 heterocycles. The first-order valence-corrected chi connectivity index (χ1v) is 7.95. The van der Waals surface area contributed by atoms with Crippen LogP contribution in [0.5, 0.6) is 0 Å². The summed E-state index contributed by atoms with van der Waals surface area (Å²) in [5.74, 6) is 0.462. The smallest absolute Gasteiger partial charge is 0.308 e. The summed E-state index contributed by atoms with van der Waals surface area (Å²) in [5.41, 5.74) is 1.68. The van der Waals surface area contributed by atoms with Gasteiger partial charge in [0.25, 0.3) is 0 Å². The lowest BCUT2D eigenvalue weighted by atomic mass is 10.2. The zero-order valence-corrected chi connectivity index (χ0v) is 14.1. The van der Waals surface area contributed by atoms with Crippen LogP contribution in [0.1, 0.15) is 5.56 Å². The summed E-state index contributed by atoms with van der Waals surface area (Å²) in [6.07, 6.45) is 1.80. The van der Waals surface area contributed by atoms with E-state index in [4.69, 9.17) is 23.2 Å². The van der Waals surface area contributed by atoms with Crippen molar-refractivity contribution in [3.05, 3.63) is 76.4 Å². The second kappa shape index (κ2) is 7.38. The van der Waals surface area contributed by atoms with Gasteiger partial charge in [0, 0.05) is 28.0 Å². The summed E-state index contributed by atoms with van der Waals surface area (Å²) < 4.78 is 1.73. The zero-order valence-electron chi connectivity index (χ0n) is 12.5. The van der Waals surface area contributed by atoms with Crippen molar-refractivity contribution in [2.24, 2.45) is 0 Å². The zero-order chi connectivity index (χ0) is 16.9. The van der Waals surface area contributed by atoms with E-state index in [2.05, 4.69) is 15.7 Å². The van der Waals surface area contributed by atoms with Crippen molar-refractivity contribution in [3.8, 4) is 0 Å². The molecule has 122 valence electrons. The lowest BCUT2D eigenvalue weighted by Crippen LogP contribution is -2.19. The van der Waals surface area contributed by atoms with Gasteiger partial charge in [-0.2, -0.15) is 5.10 Å². The first-order valence-electron chi connectivity index (χ1n) is 7.20. The van der Waals surface area contributed by atoms with Crippen molar-refractivity contribution in [2.75, 3.05) is 10.6 Å². The van der Waals surface area contributed by atoms with E-state index >= 15 is 0 Å². The molecule has 0 spiro atoms. The van der Waals surface area contributed by atoms with Crippen molar-refractivity contribution in [1.82, 2.24) is 9.78 Å². The highest BCUT2D eigenvalue weighted by atomic mass is 35.5. The molecule has 7 heteroatoms. The Kier molecular flexibility index (Phi) is 5.03. The van der Waals surface area contributed by atoms with E-state index in [1.165, 1.54) is 0 Å². The van der Waals surface area contributed by atoms with E-state index in [-0.39, 0.29) is 6.03 Å². The molecule has 3 aromatic rings. The van der Waals surface area contributed by atoms with Crippen molar-refractivity contribution in [3.63, 3.8) is 0 Å². The molecule has 0 aliphatic carbocycles. The van der Waals surface area contributed by atoms with Crippen LogP contribution in [0.25, 0.3) is 0 Å². The molecule has 0 radical (unpaired) electrons. The average molecular weight is 361 g/mol. The molecule has 2 amide bonds. The molecule has 3 rings (SSSR count). The van der Waals surface area contributed by atoms with Gasteiger partial charge in [-0.05, 0) is 35.9 Å². The number of halogens is 2. The number of urea groups is 1. The van der Waals surface area contributed by atoms with Gasteiger partial charge in [0.2, 0.25) is 0 Å². The molecule has 0 atom stereocenters. The second-order valence-electron chi connectivity index (χ2n) is 5.11. The lowest BCUT2D eigenvalue weighted by molar-refractivity contribution is 0.262. The van der Waals surface area contributed by atoms with Gasteiger partial charge >= 0.3 is 6.03 Å².